The molecule has 3 nitrogen and oxygen atoms in total. The molecule has 0 spiro atoms. The zero-order chi connectivity index (χ0) is 9.10. The molecular weight excluding hydrogens is 186 g/mol. The Morgan fingerprint density at radius 1 is 1.31 bits per heavy atom. The maximum absolute atomic E-state index is 11.4. The average molecular weight is 201 g/mol. The van der Waals surface area contributed by atoms with E-state index < -0.39 is 0 Å². The molecule has 1 saturated carbocycles. The van der Waals surface area contributed by atoms with Crippen LogP contribution in [-0.4, -0.2) is 23.0 Å². The third-order valence-electron chi connectivity index (χ3n) is 2.60. The molecule has 4 heteroatoms. The Morgan fingerprint density at radius 2 is 2.15 bits per heavy atom. The molecule has 1 atom stereocenters. The summed E-state index contributed by atoms with van der Waals surface area (Å²) in [5, 5.41) is 0.139. The van der Waals surface area contributed by atoms with E-state index in [1.165, 1.54) is 6.42 Å². The molecule has 2 aliphatic rings. The van der Waals surface area contributed by atoms with E-state index in [1.807, 2.05) is 0 Å². The lowest BCUT2D eigenvalue weighted by Gasteiger charge is -2.25. The minimum absolute atomic E-state index is 0.0643. The molecule has 1 unspecified atom stereocenters. The smallest absolute Gasteiger partial charge is 0.256 e. The molecule has 2 rings (SSSR count). The van der Waals surface area contributed by atoms with E-state index in [-0.39, 0.29) is 17.3 Å². The first-order valence-corrected chi connectivity index (χ1v) is 5.98. The molecule has 74 valence electrons. The molecular formula is C9H15NO2S. The molecule has 0 aromatic rings. The highest BCUT2D eigenvalue weighted by Crippen LogP contribution is 2.26. The number of nitrogens with one attached hydrogen (secondary N) is 1. The second-order valence-corrected chi connectivity index (χ2v) is 4.95. The van der Waals surface area contributed by atoms with Crippen molar-refractivity contribution in [2.75, 3.05) is 5.75 Å². The molecule has 13 heavy (non-hydrogen) atoms. The van der Waals surface area contributed by atoms with Gasteiger partial charge in [-0.1, -0.05) is 0 Å². The van der Waals surface area contributed by atoms with Crippen LogP contribution >= 0.6 is 11.8 Å². The van der Waals surface area contributed by atoms with Crippen molar-refractivity contribution in [2.24, 2.45) is 0 Å². The first kappa shape index (κ1) is 9.34. The maximum atomic E-state index is 11.4. The van der Waals surface area contributed by atoms with E-state index in [4.69, 9.17) is 4.84 Å². The van der Waals surface area contributed by atoms with Gasteiger partial charge in [-0.25, -0.2) is 5.48 Å². The van der Waals surface area contributed by atoms with Gasteiger partial charge in [0.2, 0.25) is 0 Å². The van der Waals surface area contributed by atoms with Crippen LogP contribution in [0.15, 0.2) is 0 Å². The summed E-state index contributed by atoms with van der Waals surface area (Å²) in [5.74, 6) is 1.18. The average Bonchev–Trinajstić information content (AvgIpc) is 2.52. The van der Waals surface area contributed by atoms with Crippen LogP contribution in [0, 0.1) is 0 Å². The number of amides is 1. The Labute approximate surface area is 82.5 Å². The first-order valence-electron chi connectivity index (χ1n) is 4.93. The molecule has 0 aromatic heterocycles. The van der Waals surface area contributed by atoms with Crippen LogP contribution in [-0.2, 0) is 9.63 Å². The Bertz CT molecular complexity index is 188. The van der Waals surface area contributed by atoms with Crippen LogP contribution in [0.25, 0.3) is 0 Å². The summed E-state index contributed by atoms with van der Waals surface area (Å²) in [6.07, 6.45) is 5.88. The third kappa shape index (κ3) is 2.38. The number of carbonyl (C=O) groups is 1. The second kappa shape index (κ2) is 4.33. The molecule has 0 bridgehead atoms. The number of carbonyl (C=O) groups excluding carboxylic acids is 1. The van der Waals surface area contributed by atoms with Gasteiger partial charge >= 0.3 is 0 Å². The molecule has 0 radical (unpaired) electrons. The summed E-state index contributed by atoms with van der Waals surface area (Å²) in [6, 6.07) is 0. The number of hydrogen-bond acceptors (Lipinski definition) is 3. The van der Waals surface area contributed by atoms with Gasteiger partial charge in [-0.15, -0.1) is 11.8 Å². The van der Waals surface area contributed by atoms with Crippen molar-refractivity contribution in [3.63, 3.8) is 0 Å². The quantitative estimate of drug-likeness (QED) is 0.703. The van der Waals surface area contributed by atoms with Gasteiger partial charge in [0.1, 0.15) is 0 Å². The molecule has 1 heterocycles. The van der Waals surface area contributed by atoms with Crippen LogP contribution in [0.4, 0.5) is 0 Å². The van der Waals surface area contributed by atoms with E-state index in [1.54, 1.807) is 11.8 Å². The minimum atomic E-state index is 0.0643. The van der Waals surface area contributed by atoms with Gasteiger partial charge in [-0.2, -0.15) is 0 Å². The fourth-order valence-electron chi connectivity index (χ4n) is 1.48. The predicted octanol–water partition coefficient (Wildman–Crippen LogP) is 1.48. The van der Waals surface area contributed by atoms with Crippen molar-refractivity contribution in [3.05, 3.63) is 0 Å². The minimum Gasteiger partial charge on any atom is -0.272 e. The van der Waals surface area contributed by atoms with E-state index in [9.17, 15) is 4.79 Å². The Morgan fingerprint density at radius 3 is 2.69 bits per heavy atom. The zero-order valence-electron chi connectivity index (χ0n) is 7.62. The number of hydroxylamine groups is 1. The Kier molecular flexibility index (Phi) is 3.11. The molecule has 1 saturated heterocycles. The van der Waals surface area contributed by atoms with Crippen molar-refractivity contribution in [2.45, 2.75) is 43.5 Å². The second-order valence-electron chi connectivity index (χ2n) is 3.64. The van der Waals surface area contributed by atoms with Crippen LogP contribution in [0.1, 0.15) is 32.1 Å². The number of rotatable bonds is 3. The van der Waals surface area contributed by atoms with Gasteiger partial charge in [0.25, 0.3) is 5.91 Å². The lowest BCUT2D eigenvalue weighted by molar-refractivity contribution is -0.142. The van der Waals surface area contributed by atoms with Crippen LogP contribution < -0.4 is 5.48 Å². The number of thioether (sulfide) groups is 1. The molecule has 1 aliphatic carbocycles. The van der Waals surface area contributed by atoms with Gasteiger partial charge in [-0.05, 0) is 37.9 Å². The topological polar surface area (TPSA) is 38.3 Å². The third-order valence-corrected chi connectivity index (χ3v) is 3.98. The summed E-state index contributed by atoms with van der Waals surface area (Å²) < 4.78 is 0. The summed E-state index contributed by atoms with van der Waals surface area (Å²) in [6.45, 7) is 0. The van der Waals surface area contributed by atoms with E-state index in [0.29, 0.717) is 0 Å². The van der Waals surface area contributed by atoms with Gasteiger partial charge < -0.3 is 0 Å². The summed E-state index contributed by atoms with van der Waals surface area (Å²) in [5.41, 5.74) is 2.57. The van der Waals surface area contributed by atoms with Crippen molar-refractivity contribution < 1.29 is 9.63 Å². The summed E-state index contributed by atoms with van der Waals surface area (Å²) >= 11 is 1.74. The van der Waals surface area contributed by atoms with Crippen LogP contribution in [0.2, 0.25) is 0 Å². The van der Waals surface area contributed by atoms with Crippen molar-refractivity contribution in [1.82, 2.24) is 5.48 Å². The van der Waals surface area contributed by atoms with E-state index >= 15 is 0 Å². The SMILES string of the molecule is O=C(NOC1CCC1)C1CCCS1. The Balaban J connectivity index is 1.65. The van der Waals surface area contributed by atoms with Gasteiger partial charge in [0, 0.05) is 0 Å². The van der Waals surface area contributed by atoms with E-state index in [2.05, 4.69) is 5.48 Å². The summed E-state index contributed by atoms with van der Waals surface area (Å²) in [4.78, 5) is 16.7. The highest BCUT2D eigenvalue weighted by atomic mass is 32.2. The lowest BCUT2D eigenvalue weighted by Crippen LogP contribution is -2.37. The molecule has 1 amide bonds. The standard InChI is InChI=1S/C9H15NO2S/c11-9(8-5-2-6-13-8)10-12-7-3-1-4-7/h7-8H,1-6H2,(H,10,11). The van der Waals surface area contributed by atoms with E-state index in [0.717, 1.165) is 31.4 Å². The lowest BCUT2D eigenvalue weighted by atomic mass is 9.97. The first-order chi connectivity index (χ1) is 6.36. The molecule has 2 fully saturated rings. The van der Waals surface area contributed by atoms with Crippen molar-refractivity contribution in [1.29, 1.82) is 0 Å². The van der Waals surface area contributed by atoms with Gasteiger partial charge in [0.15, 0.2) is 0 Å². The summed E-state index contributed by atoms with van der Waals surface area (Å²) in [7, 11) is 0. The molecule has 0 aromatic carbocycles. The van der Waals surface area contributed by atoms with Gasteiger partial charge in [-0.3, -0.25) is 9.63 Å². The fourth-order valence-corrected chi connectivity index (χ4v) is 2.63. The van der Waals surface area contributed by atoms with Crippen molar-refractivity contribution >= 4 is 17.7 Å². The normalized spacial score (nSPS) is 28.5. The number of hydrogen-bond donors (Lipinski definition) is 1. The molecule has 1 aliphatic heterocycles. The highest BCUT2D eigenvalue weighted by Gasteiger charge is 2.25. The van der Waals surface area contributed by atoms with Crippen molar-refractivity contribution in [3.8, 4) is 0 Å². The fraction of sp³-hybridized carbons (Fsp3) is 0.889. The maximum Gasteiger partial charge on any atom is 0.256 e. The van der Waals surface area contributed by atoms with Crippen LogP contribution in [0.5, 0.6) is 0 Å². The monoisotopic (exact) mass is 201 g/mol. The highest BCUT2D eigenvalue weighted by molar-refractivity contribution is 8.00. The molecule has 1 N–H and O–H groups in total. The van der Waals surface area contributed by atoms with Crippen LogP contribution in [0.3, 0.4) is 0 Å². The van der Waals surface area contributed by atoms with Gasteiger partial charge in [0.05, 0.1) is 11.4 Å². The predicted molar refractivity (Wildman–Crippen MR) is 52.3 cm³/mol. The Hall–Kier alpha value is -0.220. The largest absolute Gasteiger partial charge is 0.272 e. The zero-order valence-corrected chi connectivity index (χ0v) is 8.44.